The molecule has 4 nitrogen and oxygen atoms in total. The molecule has 0 radical (unpaired) electrons. The van der Waals surface area contributed by atoms with Crippen molar-refractivity contribution in [1.82, 2.24) is 4.57 Å². The fraction of sp³-hybridized carbons (Fsp3) is 0.0769. The van der Waals surface area contributed by atoms with E-state index >= 15 is 0 Å². The smallest absolute Gasteiger partial charge is 0.244 e. The molecule has 0 bridgehead atoms. The van der Waals surface area contributed by atoms with Crippen molar-refractivity contribution in [2.45, 2.75) is 6.54 Å². The predicted octanol–water partition coefficient (Wildman–Crippen LogP) is 2.25. The van der Waals surface area contributed by atoms with Gasteiger partial charge in [0, 0.05) is 34.7 Å². The first kappa shape index (κ1) is 12.6. The van der Waals surface area contributed by atoms with Crippen LogP contribution in [0, 0.1) is 0 Å². The standard InChI is InChI=1S/C13H11BrN2O2/c14-10-1-3-11(4-2-10)15-13(18)9-16-7-5-12(17)6-8-16/h1-8H,9H2,(H,15,18). The van der Waals surface area contributed by atoms with Gasteiger partial charge in [-0.3, -0.25) is 9.59 Å². The highest BCUT2D eigenvalue weighted by molar-refractivity contribution is 9.10. The number of benzene rings is 1. The summed E-state index contributed by atoms with van der Waals surface area (Å²) in [5.41, 5.74) is 0.670. The minimum atomic E-state index is -0.138. The number of rotatable bonds is 3. The molecule has 0 atom stereocenters. The second kappa shape index (κ2) is 5.64. The van der Waals surface area contributed by atoms with Crippen molar-refractivity contribution in [2.75, 3.05) is 5.32 Å². The van der Waals surface area contributed by atoms with E-state index in [2.05, 4.69) is 21.2 Å². The molecule has 1 aromatic carbocycles. The normalized spacial score (nSPS) is 10.1. The zero-order chi connectivity index (χ0) is 13.0. The van der Waals surface area contributed by atoms with Crippen LogP contribution in [0.1, 0.15) is 0 Å². The Morgan fingerprint density at radius 3 is 2.33 bits per heavy atom. The highest BCUT2D eigenvalue weighted by Gasteiger charge is 2.02. The number of hydrogen-bond donors (Lipinski definition) is 1. The van der Waals surface area contributed by atoms with Crippen molar-refractivity contribution in [1.29, 1.82) is 0 Å². The number of hydrogen-bond acceptors (Lipinski definition) is 2. The minimum absolute atomic E-state index is 0.0698. The van der Waals surface area contributed by atoms with Gasteiger partial charge in [0.1, 0.15) is 6.54 Å². The Bertz CT molecular complexity index is 585. The summed E-state index contributed by atoms with van der Waals surface area (Å²) in [6, 6.07) is 10.2. The number of aromatic nitrogens is 1. The fourth-order valence-corrected chi connectivity index (χ4v) is 1.71. The lowest BCUT2D eigenvalue weighted by molar-refractivity contribution is -0.116. The van der Waals surface area contributed by atoms with E-state index in [1.807, 2.05) is 24.3 Å². The Balaban J connectivity index is 1.98. The summed E-state index contributed by atoms with van der Waals surface area (Å²) in [4.78, 5) is 22.6. The molecule has 0 fully saturated rings. The van der Waals surface area contributed by atoms with E-state index in [0.717, 1.165) is 10.2 Å². The summed E-state index contributed by atoms with van der Waals surface area (Å²) < 4.78 is 2.61. The molecule has 0 aliphatic carbocycles. The number of nitrogens with one attached hydrogen (secondary N) is 1. The molecular formula is C13H11BrN2O2. The van der Waals surface area contributed by atoms with Gasteiger partial charge in [-0.2, -0.15) is 0 Å². The number of halogens is 1. The summed E-state index contributed by atoms with van der Waals surface area (Å²) in [6.45, 7) is 0.177. The average molecular weight is 307 g/mol. The molecule has 2 aromatic rings. The Kier molecular flexibility index (Phi) is 3.94. The number of pyridine rings is 1. The van der Waals surface area contributed by atoms with E-state index in [-0.39, 0.29) is 17.9 Å². The van der Waals surface area contributed by atoms with E-state index in [1.165, 1.54) is 12.1 Å². The van der Waals surface area contributed by atoms with E-state index < -0.39 is 0 Å². The van der Waals surface area contributed by atoms with Crippen LogP contribution in [-0.4, -0.2) is 10.5 Å². The van der Waals surface area contributed by atoms with Crippen molar-refractivity contribution < 1.29 is 4.79 Å². The van der Waals surface area contributed by atoms with Gasteiger partial charge in [0.05, 0.1) is 0 Å². The van der Waals surface area contributed by atoms with Crippen LogP contribution < -0.4 is 10.7 Å². The lowest BCUT2D eigenvalue weighted by Gasteiger charge is -2.07. The van der Waals surface area contributed by atoms with Crippen molar-refractivity contribution in [3.63, 3.8) is 0 Å². The average Bonchev–Trinajstić information content (AvgIpc) is 2.35. The largest absolute Gasteiger partial charge is 0.345 e. The molecular weight excluding hydrogens is 296 g/mol. The highest BCUT2D eigenvalue weighted by atomic mass is 79.9. The van der Waals surface area contributed by atoms with E-state index in [9.17, 15) is 9.59 Å². The number of carbonyl (C=O) groups excluding carboxylic acids is 1. The van der Waals surface area contributed by atoms with E-state index in [0.29, 0.717) is 0 Å². The number of anilines is 1. The van der Waals surface area contributed by atoms with Crippen LogP contribution in [0.5, 0.6) is 0 Å². The molecule has 0 spiro atoms. The van der Waals surface area contributed by atoms with Gasteiger partial charge in [-0.25, -0.2) is 0 Å². The number of nitrogens with zero attached hydrogens (tertiary/aromatic N) is 1. The third-order valence-electron chi connectivity index (χ3n) is 2.31. The van der Waals surface area contributed by atoms with E-state index in [4.69, 9.17) is 0 Å². The van der Waals surface area contributed by atoms with Crippen LogP contribution in [0.25, 0.3) is 0 Å². The molecule has 0 saturated heterocycles. The molecule has 92 valence electrons. The van der Waals surface area contributed by atoms with Crippen LogP contribution in [-0.2, 0) is 11.3 Å². The third-order valence-corrected chi connectivity index (χ3v) is 2.84. The quantitative estimate of drug-likeness (QED) is 0.945. The Labute approximate surface area is 112 Å². The van der Waals surface area contributed by atoms with Gasteiger partial charge < -0.3 is 9.88 Å². The SMILES string of the molecule is O=C(Cn1ccc(=O)cc1)Nc1ccc(Br)cc1. The topological polar surface area (TPSA) is 51.1 Å². The summed E-state index contributed by atoms with van der Waals surface area (Å²) in [5, 5.41) is 2.77. The van der Waals surface area contributed by atoms with Crippen LogP contribution in [0.15, 0.2) is 58.1 Å². The van der Waals surface area contributed by atoms with Gasteiger partial charge in [0.25, 0.3) is 0 Å². The maximum absolute atomic E-state index is 11.7. The maximum Gasteiger partial charge on any atom is 0.244 e. The zero-order valence-corrected chi connectivity index (χ0v) is 11.1. The summed E-state index contributed by atoms with van der Waals surface area (Å²) >= 11 is 3.33. The summed E-state index contributed by atoms with van der Waals surface area (Å²) in [7, 11) is 0. The first-order valence-corrected chi connectivity index (χ1v) is 6.14. The van der Waals surface area contributed by atoms with Gasteiger partial charge in [0.15, 0.2) is 5.43 Å². The van der Waals surface area contributed by atoms with E-state index in [1.54, 1.807) is 17.0 Å². The number of carbonyl (C=O) groups is 1. The predicted molar refractivity (Wildman–Crippen MR) is 73.5 cm³/mol. The first-order valence-electron chi connectivity index (χ1n) is 5.35. The molecule has 2 rings (SSSR count). The molecule has 1 heterocycles. The molecule has 5 heteroatoms. The van der Waals surface area contributed by atoms with Gasteiger partial charge in [-0.05, 0) is 24.3 Å². The van der Waals surface area contributed by atoms with Crippen molar-refractivity contribution >= 4 is 27.5 Å². The number of amides is 1. The van der Waals surface area contributed by atoms with Crippen molar-refractivity contribution in [3.8, 4) is 0 Å². The molecule has 0 saturated carbocycles. The Morgan fingerprint density at radius 2 is 1.72 bits per heavy atom. The van der Waals surface area contributed by atoms with Gasteiger partial charge >= 0.3 is 0 Å². The lowest BCUT2D eigenvalue weighted by atomic mass is 10.3. The second-order valence-corrected chi connectivity index (χ2v) is 4.68. The van der Waals surface area contributed by atoms with Crippen molar-refractivity contribution in [2.24, 2.45) is 0 Å². The second-order valence-electron chi connectivity index (χ2n) is 3.76. The van der Waals surface area contributed by atoms with Gasteiger partial charge in [0.2, 0.25) is 5.91 Å². The summed E-state index contributed by atoms with van der Waals surface area (Å²) in [5.74, 6) is -0.138. The molecule has 0 aliphatic heterocycles. The first-order chi connectivity index (χ1) is 8.63. The van der Waals surface area contributed by atoms with Crippen LogP contribution in [0.3, 0.4) is 0 Å². The van der Waals surface area contributed by atoms with Crippen LogP contribution in [0.2, 0.25) is 0 Å². The molecule has 0 aliphatic rings. The maximum atomic E-state index is 11.7. The fourth-order valence-electron chi connectivity index (χ4n) is 1.45. The monoisotopic (exact) mass is 306 g/mol. The Hall–Kier alpha value is -1.88. The van der Waals surface area contributed by atoms with Crippen LogP contribution >= 0.6 is 15.9 Å². The van der Waals surface area contributed by atoms with Gasteiger partial charge in [-0.1, -0.05) is 15.9 Å². The highest BCUT2D eigenvalue weighted by Crippen LogP contribution is 2.13. The molecule has 1 N–H and O–H groups in total. The Morgan fingerprint density at radius 1 is 1.11 bits per heavy atom. The minimum Gasteiger partial charge on any atom is -0.345 e. The third kappa shape index (κ3) is 3.56. The zero-order valence-electron chi connectivity index (χ0n) is 9.47. The molecule has 0 unspecified atom stereocenters. The van der Waals surface area contributed by atoms with Crippen LogP contribution in [0.4, 0.5) is 5.69 Å². The summed E-state index contributed by atoms with van der Waals surface area (Å²) in [6.07, 6.45) is 3.17. The molecule has 18 heavy (non-hydrogen) atoms. The molecule has 1 amide bonds. The van der Waals surface area contributed by atoms with Gasteiger partial charge in [-0.15, -0.1) is 0 Å². The van der Waals surface area contributed by atoms with Crippen molar-refractivity contribution in [3.05, 3.63) is 63.5 Å². The molecule has 1 aromatic heterocycles. The lowest BCUT2D eigenvalue weighted by Crippen LogP contribution is -2.19.